The molecule has 0 aromatic heterocycles. The highest BCUT2D eigenvalue weighted by molar-refractivity contribution is 6.06. The van der Waals surface area contributed by atoms with Crippen LogP contribution in [0.3, 0.4) is 0 Å². The van der Waals surface area contributed by atoms with Crippen LogP contribution in [0, 0.1) is 24.0 Å². The van der Waals surface area contributed by atoms with Gasteiger partial charge in [0.05, 0.1) is 10.5 Å². The number of non-ortho nitro benzene ring substituents is 1. The Kier molecular flexibility index (Phi) is 7.93. The lowest BCUT2D eigenvalue weighted by molar-refractivity contribution is -0.384. The number of benzene rings is 5. The summed E-state index contributed by atoms with van der Waals surface area (Å²) in [6.07, 6.45) is 0.0557. The minimum Gasteiger partial charge on any atom is -0.507 e. The lowest BCUT2D eigenvalue weighted by Crippen LogP contribution is -2.38. The standard InChI is InChI=1S/C35H29NO11/c1-13(2)22-28-27(20(12-37)32(42)34(22)44)33(43)25(16(6)30(28)40)24-15(5)29(39)26-19(31(24)41)11-21(38)35(23(26)14(3)4)47-18-9-7-17(8-10-18)36(45)46/h7-14,38-39,41H,1-6H3. The molecule has 3 aromatic carbocycles. The number of aldehydes is 1. The Hall–Kier alpha value is -5.91. The maximum Gasteiger partial charge on any atom is 0.269 e. The normalized spacial score (nSPS) is 11.6. The summed E-state index contributed by atoms with van der Waals surface area (Å²) < 4.78 is 5.93. The SMILES string of the molecule is Cc1c(-c2c(C)c(=O)c3c(C(C)C)c(=O)c(=O)c(C=O)c-3c2=O)c(O)c2cc(O)c(Oc3ccc([N+](=O)[O-])cc3)c(C(C)C)c2c1O. The summed E-state index contributed by atoms with van der Waals surface area (Å²) >= 11 is 0. The van der Waals surface area contributed by atoms with Gasteiger partial charge in [-0.25, -0.2) is 0 Å². The van der Waals surface area contributed by atoms with E-state index < -0.39 is 66.8 Å². The van der Waals surface area contributed by atoms with Crippen LogP contribution < -0.4 is 26.5 Å². The molecule has 47 heavy (non-hydrogen) atoms. The molecule has 0 fully saturated rings. The van der Waals surface area contributed by atoms with Gasteiger partial charge in [0.2, 0.25) is 10.9 Å². The number of fused-ring (bicyclic) bond motifs is 2. The predicted molar refractivity (Wildman–Crippen MR) is 175 cm³/mol. The quantitative estimate of drug-likeness (QED) is 0.0675. The van der Waals surface area contributed by atoms with Crippen LogP contribution in [-0.2, 0) is 0 Å². The van der Waals surface area contributed by atoms with E-state index in [-0.39, 0.29) is 73.2 Å². The van der Waals surface area contributed by atoms with E-state index in [2.05, 4.69) is 0 Å². The molecule has 240 valence electrons. The van der Waals surface area contributed by atoms with Crippen molar-refractivity contribution in [3.05, 3.63) is 109 Å². The van der Waals surface area contributed by atoms with Gasteiger partial charge in [-0.1, -0.05) is 27.7 Å². The van der Waals surface area contributed by atoms with Crippen LogP contribution in [0.4, 0.5) is 5.69 Å². The van der Waals surface area contributed by atoms with Crippen LogP contribution in [0.15, 0.2) is 49.5 Å². The molecule has 0 spiro atoms. The largest absolute Gasteiger partial charge is 0.507 e. The van der Waals surface area contributed by atoms with Crippen LogP contribution in [0.25, 0.3) is 33.0 Å². The highest BCUT2D eigenvalue weighted by Crippen LogP contribution is 2.52. The molecule has 0 unspecified atom stereocenters. The van der Waals surface area contributed by atoms with E-state index in [1.165, 1.54) is 38.1 Å². The summed E-state index contributed by atoms with van der Waals surface area (Å²) in [4.78, 5) is 76.4. The van der Waals surface area contributed by atoms with Crippen LogP contribution in [0.2, 0.25) is 0 Å². The number of carbonyl (C=O) groups is 1. The van der Waals surface area contributed by atoms with Crippen LogP contribution in [0.1, 0.15) is 72.1 Å². The Morgan fingerprint density at radius 1 is 0.745 bits per heavy atom. The Labute approximate surface area is 266 Å². The fourth-order valence-corrected chi connectivity index (χ4v) is 6.22. The minimum absolute atomic E-state index is 0.0395. The molecule has 0 bridgehead atoms. The Balaban J connectivity index is 1.90. The molecule has 2 aliphatic rings. The minimum atomic E-state index is -1.23. The van der Waals surface area contributed by atoms with Crippen molar-refractivity contribution in [3.8, 4) is 51.0 Å². The number of nitro groups is 1. The summed E-state index contributed by atoms with van der Waals surface area (Å²) in [6, 6.07) is 6.20. The number of nitro benzene ring substituents is 1. The van der Waals surface area contributed by atoms with Gasteiger partial charge in [-0.2, -0.15) is 0 Å². The summed E-state index contributed by atoms with van der Waals surface area (Å²) in [7, 11) is 0. The van der Waals surface area contributed by atoms with E-state index in [0.717, 1.165) is 6.07 Å². The fraction of sp³-hybridized carbons (Fsp3) is 0.229. The predicted octanol–water partition coefficient (Wildman–Crippen LogP) is 5.42. The van der Waals surface area contributed by atoms with E-state index in [1.807, 2.05) is 0 Å². The summed E-state index contributed by atoms with van der Waals surface area (Å²) in [6.45, 7) is 9.31. The number of ether oxygens (including phenoxy) is 1. The van der Waals surface area contributed by atoms with Gasteiger partial charge in [0.15, 0.2) is 28.6 Å². The molecule has 3 N–H and O–H groups in total. The van der Waals surface area contributed by atoms with E-state index in [1.54, 1.807) is 27.7 Å². The first-order valence-electron chi connectivity index (χ1n) is 14.5. The molecular formula is C35H29NO11. The molecule has 12 nitrogen and oxygen atoms in total. The number of rotatable bonds is 7. The van der Waals surface area contributed by atoms with E-state index in [9.17, 15) is 49.4 Å². The second-order valence-electron chi connectivity index (χ2n) is 11.9. The van der Waals surface area contributed by atoms with Crippen LogP contribution in [-0.4, -0.2) is 26.5 Å². The van der Waals surface area contributed by atoms with Gasteiger partial charge in [-0.05, 0) is 43.9 Å². The van der Waals surface area contributed by atoms with Gasteiger partial charge in [0, 0.05) is 67.4 Å². The Bertz CT molecular complexity index is 2350. The number of nitrogens with zero attached hydrogens (tertiary/aromatic N) is 1. The lowest BCUT2D eigenvalue weighted by atomic mass is 9.81. The Morgan fingerprint density at radius 3 is 1.87 bits per heavy atom. The molecule has 0 amide bonds. The number of phenols is 3. The number of aromatic hydroxyl groups is 3. The van der Waals surface area contributed by atoms with Crippen LogP contribution >= 0.6 is 0 Å². The molecule has 2 aliphatic carbocycles. The zero-order valence-corrected chi connectivity index (χ0v) is 26.2. The molecule has 0 saturated heterocycles. The summed E-state index contributed by atoms with van der Waals surface area (Å²) in [5.74, 6) is -2.53. The summed E-state index contributed by atoms with van der Waals surface area (Å²) in [5.41, 5.74) is -6.71. The van der Waals surface area contributed by atoms with Crippen molar-refractivity contribution in [1.82, 2.24) is 0 Å². The maximum atomic E-state index is 14.2. The molecule has 12 heteroatoms. The first-order chi connectivity index (χ1) is 22.0. The maximum absolute atomic E-state index is 14.2. The van der Waals surface area contributed by atoms with Crippen molar-refractivity contribution in [2.45, 2.75) is 53.4 Å². The van der Waals surface area contributed by atoms with Crippen molar-refractivity contribution in [1.29, 1.82) is 0 Å². The topological polar surface area (TPSA) is 198 Å². The molecule has 0 radical (unpaired) electrons. The molecule has 3 aromatic rings. The van der Waals surface area contributed by atoms with E-state index >= 15 is 0 Å². The first-order valence-corrected chi connectivity index (χ1v) is 14.5. The average Bonchev–Trinajstić information content (AvgIpc) is 3.01. The van der Waals surface area contributed by atoms with Gasteiger partial charge in [0.25, 0.3) is 5.69 Å². The molecule has 5 rings (SSSR count). The number of phenolic OH excluding ortho intramolecular Hbond substituents is 3. The lowest BCUT2D eigenvalue weighted by Gasteiger charge is -2.23. The second kappa shape index (κ2) is 11.5. The van der Waals surface area contributed by atoms with Crippen molar-refractivity contribution in [3.63, 3.8) is 0 Å². The number of carbonyl (C=O) groups excluding carboxylic acids is 1. The number of hydrogen-bond acceptors (Lipinski definition) is 11. The third kappa shape index (κ3) is 4.80. The highest BCUT2D eigenvalue weighted by Gasteiger charge is 2.34. The Morgan fingerprint density at radius 2 is 1.34 bits per heavy atom. The second-order valence-corrected chi connectivity index (χ2v) is 11.9. The van der Waals surface area contributed by atoms with Gasteiger partial charge >= 0.3 is 0 Å². The van der Waals surface area contributed by atoms with Crippen molar-refractivity contribution >= 4 is 22.7 Å². The van der Waals surface area contributed by atoms with Gasteiger partial charge < -0.3 is 20.1 Å². The number of hydrogen-bond donors (Lipinski definition) is 3. The van der Waals surface area contributed by atoms with Crippen molar-refractivity contribution < 1.29 is 29.8 Å². The van der Waals surface area contributed by atoms with Crippen LogP contribution in [0.5, 0.6) is 28.7 Å². The third-order valence-corrected chi connectivity index (χ3v) is 8.43. The zero-order chi connectivity index (χ0) is 34.8. The monoisotopic (exact) mass is 639 g/mol. The third-order valence-electron chi connectivity index (χ3n) is 8.43. The molecule has 0 atom stereocenters. The molecule has 0 aliphatic heterocycles. The van der Waals surface area contributed by atoms with E-state index in [0.29, 0.717) is 0 Å². The van der Waals surface area contributed by atoms with Gasteiger partial charge in [-0.15, -0.1) is 0 Å². The van der Waals surface area contributed by atoms with E-state index in [4.69, 9.17) is 4.74 Å². The van der Waals surface area contributed by atoms with Gasteiger partial charge in [-0.3, -0.25) is 34.1 Å². The van der Waals surface area contributed by atoms with Crippen molar-refractivity contribution in [2.75, 3.05) is 0 Å². The van der Waals surface area contributed by atoms with Gasteiger partial charge in [0.1, 0.15) is 17.2 Å². The first kappa shape index (κ1) is 32.5. The molecule has 0 heterocycles. The fourth-order valence-electron chi connectivity index (χ4n) is 6.22. The highest BCUT2D eigenvalue weighted by atomic mass is 16.6. The molecular weight excluding hydrogens is 610 g/mol. The van der Waals surface area contributed by atoms with Crippen molar-refractivity contribution in [2.24, 2.45) is 0 Å². The smallest absolute Gasteiger partial charge is 0.269 e. The zero-order valence-electron chi connectivity index (χ0n) is 26.2. The summed E-state index contributed by atoms with van der Waals surface area (Å²) in [5, 5.41) is 45.6. The average molecular weight is 640 g/mol. The molecule has 0 saturated carbocycles.